The molecule has 12 aromatic heterocycles. The van der Waals surface area contributed by atoms with Gasteiger partial charge in [-0.1, -0.05) is 103 Å². The summed E-state index contributed by atoms with van der Waals surface area (Å²) < 4.78 is 124. The van der Waals surface area contributed by atoms with Gasteiger partial charge in [-0.25, -0.2) is 9.97 Å². The van der Waals surface area contributed by atoms with Gasteiger partial charge in [0, 0.05) is 211 Å². The minimum atomic E-state index is -4.86. The number of anilines is 6. The number of carbonyl (C=O) groups is 6. The number of nitrogens with one attached hydrogen (secondary N) is 4. The van der Waals surface area contributed by atoms with Crippen LogP contribution in [0.4, 0.5) is 60.5 Å². The molecule has 736 valence electrons. The van der Waals surface area contributed by atoms with E-state index in [2.05, 4.69) is 122 Å². The van der Waals surface area contributed by atoms with Crippen molar-refractivity contribution in [2.24, 2.45) is 14.1 Å². The fraction of sp³-hybridized carbons (Fsp3) is 0.0377. The minimum absolute atomic E-state index is 0. The molecule has 0 aliphatic carbocycles. The van der Waals surface area contributed by atoms with Gasteiger partial charge in [-0.05, 0) is 146 Å². The molecule has 0 bridgehead atoms. The SMILES string of the molecule is Cn1c2ccccc2c2cc(N(c3ccnc(/C([NH-])=C/C(=N)C(F)(F)F)c3)c3ccc4c5ccccc5n(C)c4c3)ccc21.N=C(/C=C(\[NH-])c1cc(N(c2ccc3c(c2)oc2ccccc23)c2ccc3oc4ccccc4c3c2)ccn1)C(F)(F)F.O=COc1ccnc(-c2cc(OC=O)cc(-c3cc(OC=O)ccn3)n2)c1.O=COc1ccnc(-c2cc(OC=O)cc(-c3cc(OC=O)ccn3)n2)c1.[N-]=C=S.[N-]=C=S.[Ru+2].[Ru+2]. The summed E-state index contributed by atoms with van der Waals surface area (Å²) in [5, 5.41) is 39.8. The molecular formula is C106H68F6N18O14Ru2S2. The van der Waals surface area contributed by atoms with Gasteiger partial charge in [0.1, 0.15) is 68.3 Å². The van der Waals surface area contributed by atoms with Crippen molar-refractivity contribution in [3.8, 4) is 80.0 Å². The molecule has 0 saturated heterocycles. The number of para-hydroxylation sites is 4. The number of hydrogen-bond acceptors (Lipinski definition) is 28. The van der Waals surface area contributed by atoms with Crippen LogP contribution in [0.2, 0.25) is 0 Å². The third kappa shape index (κ3) is 24.7. The van der Waals surface area contributed by atoms with Crippen molar-refractivity contribution >= 4 is 218 Å². The van der Waals surface area contributed by atoms with Crippen LogP contribution in [0.15, 0.2) is 325 Å². The Morgan fingerprint density at radius 2 is 0.615 bits per heavy atom. The van der Waals surface area contributed by atoms with E-state index in [1.165, 1.54) is 126 Å². The smallest absolute Gasteiger partial charge is 0.753 e. The topological polar surface area (TPSA) is 443 Å². The summed E-state index contributed by atoms with van der Waals surface area (Å²) in [5.41, 5.74) is 26.7. The van der Waals surface area contributed by atoms with E-state index in [0.717, 1.165) is 99.1 Å². The monoisotopic (exact) mass is 2200 g/mol. The first-order valence-electron chi connectivity index (χ1n) is 42.7. The van der Waals surface area contributed by atoms with Gasteiger partial charge in [0.25, 0.3) is 38.8 Å². The van der Waals surface area contributed by atoms with E-state index >= 15 is 0 Å². The van der Waals surface area contributed by atoms with E-state index in [9.17, 15) is 55.1 Å². The van der Waals surface area contributed by atoms with Crippen LogP contribution in [0.1, 0.15) is 11.4 Å². The Morgan fingerprint density at radius 3 is 1.03 bits per heavy atom. The molecule has 0 atom stereocenters. The number of fused-ring (bicyclic) bond motifs is 12. The fourth-order valence-corrected chi connectivity index (χ4v) is 15.7. The van der Waals surface area contributed by atoms with E-state index in [1.54, 1.807) is 18.2 Å². The Morgan fingerprint density at radius 1 is 0.331 bits per heavy atom. The van der Waals surface area contributed by atoms with Gasteiger partial charge in [0.2, 0.25) is 0 Å². The average molecular weight is 2200 g/mol. The van der Waals surface area contributed by atoms with Crippen molar-refractivity contribution in [2.75, 3.05) is 9.80 Å². The predicted molar refractivity (Wildman–Crippen MR) is 546 cm³/mol. The quantitative estimate of drug-likeness (QED) is 0.0167. The molecule has 42 heteroatoms. The molecule has 4 N–H and O–H groups in total. The Labute approximate surface area is 869 Å². The van der Waals surface area contributed by atoms with Crippen molar-refractivity contribution in [1.82, 2.24) is 49.0 Å². The van der Waals surface area contributed by atoms with Crippen LogP contribution in [0.5, 0.6) is 34.5 Å². The Balaban J connectivity index is 0.000000165. The summed E-state index contributed by atoms with van der Waals surface area (Å²) in [6, 6.07) is 80.5. The van der Waals surface area contributed by atoms with Crippen molar-refractivity contribution in [2.45, 2.75) is 12.4 Å². The second-order valence-electron chi connectivity index (χ2n) is 30.6. The van der Waals surface area contributed by atoms with Gasteiger partial charge in [0.15, 0.2) is 0 Å². The predicted octanol–water partition coefficient (Wildman–Crippen LogP) is 25.1. The third-order valence-corrected chi connectivity index (χ3v) is 22.0. The minimum Gasteiger partial charge on any atom is -0.753 e. The van der Waals surface area contributed by atoms with E-state index in [1.807, 2.05) is 145 Å². The number of carbonyl (C=O) groups excluding carboxylic acids is 6. The molecule has 20 rings (SSSR count). The van der Waals surface area contributed by atoms with Crippen molar-refractivity contribution in [3.05, 3.63) is 350 Å². The molecule has 0 radical (unpaired) electrons. The summed E-state index contributed by atoms with van der Waals surface area (Å²) in [6.45, 7) is 1.75. The maximum atomic E-state index is 13.1. The number of rotatable bonds is 26. The molecule has 12 heterocycles. The number of furan rings is 2. The largest absolute Gasteiger partial charge is 2.00 e. The van der Waals surface area contributed by atoms with E-state index < -0.39 is 35.2 Å². The average Bonchev–Trinajstić information content (AvgIpc) is 1.59. The molecular weight excluding hydrogens is 2130 g/mol. The van der Waals surface area contributed by atoms with Crippen LogP contribution >= 0.6 is 24.4 Å². The van der Waals surface area contributed by atoms with Crippen LogP contribution in [-0.2, 0) is 81.8 Å². The molecule has 0 spiro atoms. The zero-order valence-corrected chi connectivity index (χ0v) is 81.4. The molecule has 0 saturated carbocycles. The summed E-state index contributed by atoms with van der Waals surface area (Å²) >= 11 is 7.40. The number of thiocarbonyl (C=S) groups is 2. The number of pyridine rings is 8. The van der Waals surface area contributed by atoms with Crippen molar-refractivity contribution in [3.63, 3.8) is 0 Å². The molecule has 0 fully saturated rings. The maximum Gasteiger partial charge on any atom is 2.00 e. The summed E-state index contributed by atoms with van der Waals surface area (Å²) in [7, 11) is 4.06. The van der Waals surface area contributed by atoms with Gasteiger partial charge >= 0.3 is 51.3 Å². The van der Waals surface area contributed by atoms with Crippen LogP contribution in [0.25, 0.3) is 167 Å². The number of benzene rings is 8. The Bertz CT molecular complexity index is 8280. The van der Waals surface area contributed by atoms with Gasteiger partial charge in [-0.15, -0.1) is 11.4 Å². The summed E-state index contributed by atoms with van der Waals surface area (Å²) in [4.78, 5) is 101. The number of hydrogen-bond donors (Lipinski definition) is 2. The van der Waals surface area contributed by atoms with E-state index in [-0.39, 0.29) is 97.8 Å². The standard InChI is InChI=1S/C35H26F3N6.C33H20F3N4O2.2C18H11N3O6.2CNS.2Ru/c1-42-31-10-6-4-8-25(31)27-17-21(12-14-32(27)42)44(23-15-16-41-29(18-23)28(39)20-34(40)35(36,37)38)22-11-13-26-24-7-3-5-9-30(24)43(2)33(26)19-22;34-33(35,36)32(38)18-26(37)27-16-21(13-14-39-27)40(19-10-12-30-25(15-19)23-6-2-4-8-29(23)41-30)20-9-11-24-22-5-1-3-7-28(22)42-31(24)17-20;2*22-9-25-12-1-3-19-15(5-12)17-7-14(27-11-24)8-18(21-17)16-6-13(26-10-23)2-4-20-16;2*2-1-3;;/h3-20,39-40H,1-2H3;1-18,37-38H;2*1-11H;;;;/q2*-1;;;2*-1;2*+2/b28-20-,40-34?;26-18-,38-32?;;;;;;. The van der Waals surface area contributed by atoms with E-state index in [4.69, 9.17) is 70.4 Å². The Kier molecular flexibility index (Phi) is 35.0. The summed E-state index contributed by atoms with van der Waals surface area (Å²) in [5.74, 6) is 1.52. The number of aromatic nitrogens is 10. The van der Waals surface area contributed by atoms with Crippen LogP contribution in [0.3, 0.4) is 0 Å². The summed E-state index contributed by atoms with van der Waals surface area (Å²) in [6.07, 6.45) is -0.0800. The van der Waals surface area contributed by atoms with Crippen LogP contribution < -0.4 is 38.2 Å². The molecule has 0 amide bonds. The zero-order valence-electron chi connectivity index (χ0n) is 76.3. The molecule has 32 nitrogen and oxygen atoms in total. The van der Waals surface area contributed by atoms with Gasteiger partial charge in [0.05, 0.1) is 51.1 Å². The third-order valence-electron chi connectivity index (χ3n) is 22.0. The molecule has 0 unspecified atom stereocenters. The van der Waals surface area contributed by atoms with Crippen molar-refractivity contribution in [1.29, 1.82) is 10.8 Å². The number of nitrogens with zero attached hydrogens (tertiary/aromatic N) is 14. The Hall–Kier alpha value is -18.6. The second-order valence-corrected chi connectivity index (χ2v) is 31.0. The van der Waals surface area contributed by atoms with Crippen molar-refractivity contribution < 1.29 is 131 Å². The first kappa shape index (κ1) is 107. The fourth-order valence-electron chi connectivity index (χ4n) is 15.7. The van der Waals surface area contributed by atoms with Gasteiger partial charge in [-0.3, -0.25) is 69.5 Å². The number of isothiocyanates is 2. The molecule has 148 heavy (non-hydrogen) atoms. The number of halogens is 6. The number of ether oxygens (including phenoxy) is 6. The van der Waals surface area contributed by atoms with Crippen LogP contribution in [0, 0.1) is 10.8 Å². The normalized spacial score (nSPS) is 11.0. The molecule has 0 aliphatic heterocycles. The zero-order chi connectivity index (χ0) is 103. The molecule has 8 aromatic carbocycles. The first-order chi connectivity index (χ1) is 70.7. The first-order valence-corrected chi connectivity index (χ1v) is 43.5. The second kappa shape index (κ2) is 48.5. The maximum absolute atomic E-state index is 13.1. The number of alkyl halides is 6. The van der Waals surface area contributed by atoms with Crippen LogP contribution in [-0.4, -0.2) is 122 Å². The molecule has 20 aromatic rings. The number of allylic oxidation sites excluding steroid dienone is 2. The van der Waals surface area contributed by atoms with E-state index in [0.29, 0.717) is 106 Å². The molecule has 0 aliphatic rings. The number of aryl methyl sites for hydroxylation is 2. The van der Waals surface area contributed by atoms with Gasteiger partial charge < -0.3 is 78.5 Å². The van der Waals surface area contributed by atoms with Gasteiger partial charge in [-0.2, -0.15) is 36.7 Å².